The molecule has 0 saturated carbocycles. The zero-order valence-corrected chi connectivity index (χ0v) is 20.1. The molecule has 2 N–H and O–H groups in total. The number of anilines is 2. The fourth-order valence-corrected chi connectivity index (χ4v) is 4.74. The van der Waals surface area contributed by atoms with Gasteiger partial charge in [0.05, 0.1) is 29.6 Å². The number of hydrogen-bond acceptors (Lipinski definition) is 5. The number of fused-ring (bicyclic) bond motifs is 2. The summed E-state index contributed by atoms with van der Waals surface area (Å²) in [5.74, 6) is 0. The van der Waals surface area contributed by atoms with Gasteiger partial charge in [-0.15, -0.1) is 0 Å². The molecule has 0 spiro atoms. The molecule has 0 aromatic heterocycles. The first-order valence-electron chi connectivity index (χ1n) is 11.3. The van der Waals surface area contributed by atoms with E-state index >= 15 is 0 Å². The van der Waals surface area contributed by atoms with Gasteiger partial charge in [-0.1, -0.05) is 51.6 Å². The SMILES string of the molecule is CC.CC.OC(CN1CCNCC1)CN1c2ccccc2Sc2ccc(C(F)(F)F)cc21. The van der Waals surface area contributed by atoms with Crippen molar-refractivity contribution in [3.8, 4) is 0 Å². The normalized spacial score (nSPS) is 16.6. The van der Waals surface area contributed by atoms with E-state index < -0.39 is 17.8 Å². The van der Waals surface area contributed by atoms with Crippen molar-refractivity contribution >= 4 is 23.1 Å². The molecule has 2 aliphatic heterocycles. The molecule has 2 aromatic carbocycles. The number of halogens is 3. The van der Waals surface area contributed by atoms with Crippen LogP contribution in [0, 0.1) is 0 Å². The molecule has 1 unspecified atom stereocenters. The van der Waals surface area contributed by atoms with Crippen LogP contribution >= 0.6 is 11.8 Å². The van der Waals surface area contributed by atoms with Gasteiger partial charge in [-0.25, -0.2) is 0 Å². The highest BCUT2D eigenvalue weighted by Gasteiger charge is 2.33. The first kappa shape index (κ1) is 26.5. The minimum absolute atomic E-state index is 0.246. The third-order valence-electron chi connectivity index (χ3n) is 5.02. The van der Waals surface area contributed by atoms with E-state index in [0.29, 0.717) is 12.2 Å². The lowest BCUT2D eigenvalue weighted by Gasteiger charge is -2.36. The number of nitrogens with zero attached hydrogens (tertiary/aromatic N) is 2. The fraction of sp³-hybridized carbons (Fsp3) is 0.500. The maximum atomic E-state index is 13.3. The Hall–Kier alpha value is -1.74. The second-order valence-corrected chi connectivity index (χ2v) is 8.15. The summed E-state index contributed by atoms with van der Waals surface area (Å²) in [6.07, 6.45) is -5.07. The van der Waals surface area contributed by atoms with Crippen LogP contribution in [-0.2, 0) is 6.18 Å². The Labute approximate surface area is 193 Å². The summed E-state index contributed by atoms with van der Waals surface area (Å²) in [5.41, 5.74) is 0.657. The van der Waals surface area contributed by atoms with Gasteiger partial charge in [-0.05, 0) is 30.3 Å². The zero-order chi connectivity index (χ0) is 23.7. The molecule has 178 valence electrons. The van der Waals surface area contributed by atoms with Crippen LogP contribution in [0.2, 0.25) is 0 Å². The lowest BCUT2D eigenvalue weighted by molar-refractivity contribution is -0.137. The maximum Gasteiger partial charge on any atom is 0.416 e. The molecular formula is C24H34F3N3OS. The number of hydrogen-bond donors (Lipinski definition) is 2. The van der Waals surface area contributed by atoms with Gasteiger partial charge in [-0.3, -0.25) is 4.90 Å². The molecule has 1 saturated heterocycles. The van der Waals surface area contributed by atoms with Crippen molar-refractivity contribution in [1.29, 1.82) is 0 Å². The Morgan fingerprint density at radius 3 is 2.22 bits per heavy atom. The number of benzene rings is 2. The monoisotopic (exact) mass is 469 g/mol. The number of β-amino-alcohol motifs (C(OH)–C–C–N with tert-alkyl or cyclic N) is 1. The number of alkyl halides is 3. The standard InChI is InChI=1S/C20H22F3N3OS.2C2H6/c21-20(22,23)14-5-6-19-17(11-14)26(16-3-1-2-4-18(16)28-19)13-15(27)12-25-9-7-24-8-10-25;2*1-2/h1-6,11,15,24,27H,7-10,12-13H2;2*1-2H3. The number of piperazine rings is 1. The molecule has 4 nitrogen and oxygen atoms in total. The smallest absolute Gasteiger partial charge is 0.390 e. The van der Waals surface area contributed by atoms with Crippen molar-refractivity contribution in [1.82, 2.24) is 10.2 Å². The topological polar surface area (TPSA) is 38.7 Å². The summed E-state index contributed by atoms with van der Waals surface area (Å²) >= 11 is 1.46. The predicted molar refractivity (Wildman–Crippen MR) is 127 cm³/mol. The van der Waals surface area contributed by atoms with Crippen molar-refractivity contribution in [2.45, 2.75) is 49.8 Å². The third kappa shape index (κ3) is 6.63. The van der Waals surface area contributed by atoms with E-state index in [1.54, 1.807) is 0 Å². The second kappa shape index (κ2) is 12.5. The third-order valence-corrected chi connectivity index (χ3v) is 6.16. The first-order chi connectivity index (χ1) is 15.4. The molecule has 0 amide bonds. The molecule has 0 bridgehead atoms. The van der Waals surface area contributed by atoms with Gasteiger partial charge in [0.1, 0.15) is 0 Å². The Morgan fingerprint density at radius 1 is 0.938 bits per heavy atom. The van der Waals surface area contributed by atoms with Crippen LogP contribution < -0.4 is 10.2 Å². The second-order valence-electron chi connectivity index (χ2n) is 7.07. The average molecular weight is 470 g/mol. The largest absolute Gasteiger partial charge is 0.416 e. The van der Waals surface area contributed by atoms with E-state index in [1.165, 1.54) is 23.9 Å². The van der Waals surface area contributed by atoms with Gasteiger partial charge in [0, 0.05) is 42.5 Å². The number of para-hydroxylation sites is 1. The zero-order valence-electron chi connectivity index (χ0n) is 19.2. The van der Waals surface area contributed by atoms with E-state index in [-0.39, 0.29) is 6.54 Å². The van der Waals surface area contributed by atoms with Crippen LogP contribution in [0.1, 0.15) is 33.3 Å². The summed E-state index contributed by atoms with van der Waals surface area (Å²) in [6, 6.07) is 11.5. The quantitative estimate of drug-likeness (QED) is 0.608. The van der Waals surface area contributed by atoms with Crippen molar-refractivity contribution < 1.29 is 18.3 Å². The van der Waals surface area contributed by atoms with Gasteiger partial charge in [-0.2, -0.15) is 13.2 Å². The van der Waals surface area contributed by atoms with Crippen LogP contribution in [-0.4, -0.2) is 55.4 Å². The molecule has 2 heterocycles. The molecule has 4 rings (SSSR count). The first-order valence-corrected chi connectivity index (χ1v) is 12.1. The highest BCUT2D eigenvalue weighted by atomic mass is 32.2. The van der Waals surface area contributed by atoms with E-state index in [2.05, 4.69) is 10.2 Å². The van der Waals surface area contributed by atoms with Gasteiger partial charge >= 0.3 is 6.18 Å². The van der Waals surface area contributed by atoms with Crippen molar-refractivity contribution in [3.05, 3.63) is 48.0 Å². The lowest BCUT2D eigenvalue weighted by atomic mass is 10.1. The average Bonchev–Trinajstić information content (AvgIpc) is 2.81. The van der Waals surface area contributed by atoms with Crippen LogP contribution in [0.5, 0.6) is 0 Å². The molecule has 32 heavy (non-hydrogen) atoms. The summed E-state index contributed by atoms with van der Waals surface area (Å²) < 4.78 is 39.8. The fourth-order valence-electron chi connectivity index (χ4n) is 3.66. The van der Waals surface area contributed by atoms with E-state index in [0.717, 1.165) is 47.7 Å². The molecule has 1 fully saturated rings. The van der Waals surface area contributed by atoms with Crippen LogP contribution in [0.3, 0.4) is 0 Å². The molecule has 8 heteroatoms. The molecular weight excluding hydrogens is 435 g/mol. The lowest BCUT2D eigenvalue weighted by Crippen LogP contribution is -2.48. The van der Waals surface area contributed by atoms with E-state index in [4.69, 9.17) is 0 Å². The van der Waals surface area contributed by atoms with Crippen LogP contribution in [0.25, 0.3) is 0 Å². The van der Waals surface area contributed by atoms with Crippen molar-refractivity contribution in [2.75, 3.05) is 44.2 Å². The van der Waals surface area contributed by atoms with Crippen LogP contribution in [0.15, 0.2) is 52.3 Å². The number of aliphatic hydroxyl groups excluding tert-OH is 1. The summed E-state index contributed by atoms with van der Waals surface area (Å²) in [7, 11) is 0. The predicted octanol–water partition coefficient (Wildman–Crippen LogP) is 5.63. The highest BCUT2D eigenvalue weighted by molar-refractivity contribution is 7.99. The Morgan fingerprint density at radius 2 is 1.56 bits per heavy atom. The molecule has 2 aromatic rings. The summed E-state index contributed by atoms with van der Waals surface area (Å²) in [5, 5.41) is 14.0. The number of aliphatic hydroxyl groups is 1. The highest BCUT2D eigenvalue weighted by Crippen LogP contribution is 2.49. The summed E-state index contributed by atoms with van der Waals surface area (Å²) in [4.78, 5) is 5.74. The van der Waals surface area contributed by atoms with E-state index in [9.17, 15) is 18.3 Å². The van der Waals surface area contributed by atoms with Gasteiger partial charge in [0.2, 0.25) is 0 Å². The minimum atomic E-state index is -4.40. The molecule has 0 radical (unpaired) electrons. The maximum absolute atomic E-state index is 13.3. The molecule has 1 atom stereocenters. The van der Waals surface area contributed by atoms with Gasteiger partial charge < -0.3 is 15.3 Å². The number of rotatable bonds is 4. The molecule has 2 aliphatic rings. The Kier molecular flexibility index (Phi) is 10.3. The van der Waals surface area contributed by atoms with Crippen LogP contribution in [0.4, 0.5) is 24.5 Å². The Bertz CT molecular complexity index is 841. The van der Waals surface area contributed by atoms with Gasteiger partial charge in [0.25, 0.3) is 0 Å². The summed E-state index contributed by atoms with van der Waals surface area (Å²) in [6.45, 7) is 12.2. The van der Waals surface area contributed by atoms with E-state index in [1.807, 2.05) is 56.9 Å². The van der Waals surface area contributed by atoms with Crippen molar-refractivity contribution in [3.63, 3.8) is 0 Å². The number of nitrogens with one attached hydrogen (secondary N) is 1. The van der Waals surface area contributed by atoms with Crippen molar-refractivity contribution in [2.24, 2.45) is 0 Å². The molecule has 0 aliphatic carbocycles. The minimum Gasteiger partial charge on any atom is -0.390 e. The Balaban J connectivity index is 0.000000860. The van der Waals surface area contributed by atoms with Gasteiger partial charge in [0.15, 0.2) is 0 Å².